The standard InChI is InChI=1S/C70H123NO13/c1-3-5-7-9-11-13-15-17-19-21-23-25-26-27-28-29-30-31-32-34-35-37-39-41-43-45-47-49-51-53-59(74)58(57-81-69-67(80)65(78)68(61(56-73)83-69)84-70-66(79)64(77)63(76)60(55-72)82-70)71-62(75)54-52-50-48-46-44-42-40-38-36-33-24-22-20-18-16-14-12-10-8-6-4-2/h6,8,12,14,18,20,24,33,38,40,44,46,51,53,58-61,63-70,72-74,76-80H,3-5,7,9-11,13,15-17,19,21-23,25-32,34-37,39,41-43,45,47-50,52,54-57H2,1-2H3,(H,71,75)/b8-6-,14-12-,20-18-,33-24-,40-38-,46-44-,53-51+. The van der Waals surface area contributed by atoms with Crippen molar-refractivity contribution in [3.8, 4) is 0 Å². The van der Waals surface area contributed by atoms with Crippen LogP contribution in [-0.4, -0.2) is 140 Å². The summed E-state index contributed by atoms with van der Waals surface area (Å²) in [5, 5.41) is 87.3. The number of hydrogen-bond donors (Lipinski definition) is 9. The van der Waals surface area contributed by atoms with Crippen LogP contribution < -0.4 is 5.32 Å². The van der Waals surface area contributed by atoms with E-state index in [9.17, 15) is 45.6 Å². The first-order chi connectivity index (χ1) is 41.1. The van der Waals surface area contributed by atoms with Crippen molar-refractivity contribution in [3.05, 3.63) is 85.1 Å². The highest BCUT2D eigenvalue weighted by Gasteiger charge is 2.51. The van der Waals surface area contributed by atoms with E-state index in [1.165, 1.54) is 161 Å². The number of carbonyl (C=O) groups excluding carboxylic acids is 1. The highest BCUT2D eigenvalue weighted by molar-refractivity contribution is 5.76. The van der Waals surface area contributed by atoms with Crippen molar-refractivity contribution in [1.29, 1.82) is 0 Å². The second-order valence-corrected chi connectivity index (χ2v) is 23.6. The maximum Gasteiger partial charge on any atom is 0.220 e. The normalized spacial score (nSPS) is 24.2. The van der Waals surface area contributed by atoms with Gasteiger partial charge in [0.2, 0.25) is 5.91 Å². The first kappa shape index (κ1) is 77.3. The predicted octanol–water partition coefficient (Wildman–Crippen LogP) is 13.2. The van der Waals surface area contributed by atoms with Crippen LogP contribution in [0.15, 0.2) is 85.1 Å². The van der Waals surface area contributed by atoms with Crippen molar-refractivity contribution >= 4 is 5.91 Å². The average molecular weight is 1190 g/mol. The van der Waals surface area contributed by atoms with Gasteiger partial charge in [-0.15, -0.1) is 0 Å². The molecule has 9 N–H and O–H groups in total. The number of carbonyl (C=O) groups is 1. The van der Waals surface area contributed by atoms with Gasteiger partial charge in [-0.1, -0.05) is 266 Å². The zero-order valence-electron chi connectivity index (χ0n) is 52.6. The number of aliphatic hydroxyl groups excluding tert-OH is 8. The minimum Gasteiger partial charge on any atom is -0.394 e. The molecule has 2 heterocycles. The van der Waals surface area contributed by atoms with Gasteiger partial charge in [0.05, 0.1) is 32.0 Å². The van der Waals surface area contributed by atoms with E-state index in [4.69, 9.17) is 18.9 Å². The van der Waals surface area contributed by atoms with Crippen LogP contribution in [0.5, 0.6) is 0 Å². The van der Waals surface area contributed by atoms with E-state index >= 15 is 0 Å². The van der Waals surface area contributed by atoms with Crippen LogP contribution in [0.25, 0.3) is 0 Å². The summed E-state index contributed by atoms with van der Waals surface area (Å²) < 4.78 is 22.8. The average Bonchev–Trinajstić information content (AvgIpc) is 3.18. The number of ether oxygens (including phenoxy) is 4. The number of hydrogen-bond acceptors (Lipinski definition) is 13. The lowest BCUT2D eigenvalue weighted by Crippen LogP contribution is -2.65. The fourth-order valence-corrected chi connectivity index (χ4v) is 10.7. The Balaban J connectivity index is 1.72. The van der Waals surface area contributed by atoms with Gasteiger partial charge in [-0.3, -0.25) is 4.79 Å². The van der Waals surface area contributed by atoms with Gasteiger partial charge in [-0.05, 0) is 70.6 Å². The summed E-state index contributed by atoms with van der Waals surface area (Å²) in [6, 6.07) is -0.945. The topological polar surface area (TPSA) is 228 Å². The van der Waals surface area contributed by atoms with E-state index in [0.717, 1.165) is 70.6 Å². The monoisotopic (exact) mass is 1190 g/mol. The van der Waals surface area contributed by atoms with Crippen LogP contribution in [0.1, 0.15) is 258 Å². The molecule has 0 saturated carbocycles. The second-order valence-electron chi connectivity index (χ2n) is 23.6. The van der Waals surface area contributed by atoms with Crippen molar-refractivity contribution in [2.75, 3.05) is 19.8 Å². The molecule has 1 amide bonds. The molecule has 14 nitrogen and oxygen atoms in total. The molecule has 14 heteroatoms. The van der Waals surface area contributed by atoms with Crippen molar-refractivity contribution in [2.45, 2.75) is 331 Å². The molecule has 2 saturated heterocycles. The number of rotatable bonds is 54. The lowest BCUT2D eigenvalue weighted by atomic mass is 9.97. The Morgan fingerprint density at radius 3 is 1.26 bits per heavy atom. The molecule has 0 aromatic rings. The summed E-state index contributed by atoms with van der Waals surface area (Å²) in [7, 11) is 0. The summed E-state index contributed by atoms with van der Waals surface area (Å²) >= 11 is 0. The summed E-state index contributed by atoms with van der Waals surface area (Å²) in [6.07, 6.45) is 57.8. The third kappa shape index (κ3) is 38.4. The van der Waals surface area contributed by atoms with Crippen LogP contribution in [0.3, 0.4) is 0 Å². The first-order valence-electron chi connectivity index (χ1n) is 33.8. The number of nitrogens with one attached hydrogen (secondary N) is 1. The molecule has 0 bridgehead atoms. The van der Waals surface area contributed by atoms with Crippen molar-refractivity contribution in [2.24, 2.45) is 0 Å². The molecule has 2 fully saturated rings. The lowest BCUT2D eigenvalue weighted by Gasteiger charge is -2.46. The Kier molecular flexibility index (Phi) is 50.0. The molecule has 84 heavy (non-hydrogen) atoms. The molecule has 0 aromatic heterocycles. The molecule has 0 aliphatic carbocycles. The molecule has 0 aromatic carbocycles. The Bertz CT molecular complexity index is 1730. The number of aliphatic hydroxyl groups is 8. The molecular weight excluding hydrogens is 1060 g/mol. The number of unbranched alkanes of at least 4 members (excludes halogenated alkanes) is 29. The fourth-order valence-electron chi connectivity index (χ4n) is 10.7. The molecule has 2 aliphatic rings. The van der Waals surface area contributed by atoms with Crippen LogP contribution in [0, 0.1) is 0 Å². The molecule has 0 radical (unpaired) electrons. The van der Waals surface area contributed by atoms with Crippen LogP contribution in [0.4, 0.5) is 0 Å². The van der Waals surface area contributed by atoms with Gasteiger partial charge >= 0.3 is 0 Å². The van der Waals surface area contributed by atoms with Gasteiger partial charge in [0, 0.05) is 6.42 Å². The van der Waals surface area contributed by atoms with Gasteiger partial charge in [-0.2, -0.15) is 0 Å². The van der Waals surface area contributed by atoms with E-state index in [0.29, 0.717) is 6.42 Å². The minimum atomic E-state index is -1.80. The number of amides is 1. The van der Waals surface area contributed by atoms with E-state index in [1.54, 1.807) is 6.08 Å². The minimum absolute atomic E-state index is 0.222. The lowest BCUT2D eigenvalue weighted by molar-refractivity contribution is -0.359. The van der Waals surface area contributed by atoms with Gasteiger partial charge < -0.3 is 65.1 Å². The van der Waals surface area contributed by atoms with Crippen molar-refractivity contribution in [3.63, 3.8) is 0 Å². The van der Waals surface area contributed by atoms with Crippen LogP contribution in [0.2, 0.25) is 0 Å². The molecule has 0 spiro atoms. The van der Waals surface area contributed by atoms with E-state index in [1.807, 2.05) is 6.08 Å². The van der Waals surface area contributed by atoms with E-state index in [2.05, 4.69) is 92.1 Å². The fraction of sp³-hybridized carbons (Fsp3) is 0.786. The molecule has 486 valence electrons. The summed E-state index contributed by atoms with van der Waals surface area (Å²) in [4.78, 5) is 13.3. The first-order valence-corrected chi connectivity index (χ1v) is 33.8. The molecular formula is C70H123NO13. The SMILES string of the molecule is CC/C=C\C/C=C\C/C=C\C/C=C\C/C=C\C/C=C\CCCCC(=O)NC(COC1OC(CO)C(OC2OC(CO)C(O)C(O)C2O)C(O)C1O)C(O)/C=C/CCCCCCCCCCCCCCCCCCCCCCCCCCCCC. The smallest absolute Gasteiger partial charge is 0.220 e. The van der Waals surface area contributed by atoms with Gasteiger partial charge in [0.25, 0.3) is 0 Å². The van der Waals surface area contributed by atoms with Crippen LogP contribution in [-0.2, 0) is 23.7 Å². The summed E-state index contributed by atoms with van der Waals surface area (Å²) in [5.74, 6) is -0.282. The Morgan fingerprint density at radius 2 is 0.821 bits per heavy atom. The van der Waals surface area contributed by atoms with Crippen LogP contribution >= 0.6 is 0 Å². The molecule has 2 aliphatic heterocycles. The highest BCUT2D eigenvalue weighted by Crippen LogP contribution is 2.30. The third-order valence-electron chi connectivity index (χ3n) is 16.1. The second kappa shape index (κ2) is 54.3. The largest absolute Gasteiger partial charge is 0.394 e. The molecule has 2 rings (SSSR count). The van der Waals surface area contributed by atoms with Gasteiger partial charge in [0.1, 0.15) is 48.8 Å². The van der Waals surface area contributed by atoms with Crippen molar-refractivity contribution < 1.29 is 64.6 Å². The molecule has 12 atom stereocenters. The maximum absolute atomic E-state index is 13.3. The zero-order valence-corrected chi connectivity index (χ0v) is 52.6. The predicted molar refractivity (Wildman–Crippen MR) is 341 cm³/mol. The highest BCUT2D eigenvalue weighted by atomic mass is 16.7. The Labute approximate surface area is 510 Å². The Morgan fingerprint density at radius 1 is 0.440 bits per heavy atom. The third-order valence-corrected chi connectivity index (χ3v) is 16.1. The summed E-state index contributed by atoms with van der Waals surface area (Å²) in [5.41, 5.74) is 0. The van der Waals surface area contributed by atoms with Gasteiger partial charge in [0.15, 0.2) is 12.6 Å². The Hall–Kier alpha value is -2.83. The summed E-state index contributed by atoms with van der Waals surface area (Å²) in [6.45, 7) is 2.67. The van der Waals surface area contributed by atoms with Gasteiger partial charge in [-0.25, -0.2) is 0 Å². The maximum atomic E-state index is 13.3. The number of allylic oxidation sites excluding steroid dienone is 13. The molecule has 12 unspecified atom stereocenters. The zero-order chi connectivity index (χ0) is 60.9. The van der Waals surface area contributed by atoms with Crippen molar-refractivity contribution in [1.82, 2.24) is 5.32 Å². The quantitative estimate of drug-likeness (QED) is 0.0204. The van der Waals surface area contributed by atoms with E-state index in [-0.39, 0.29) is 18.9 Å². The van der Waals surface area contributed by atoms with E-state index < -0.39 is 86.8 Å².